The van der Waals surface area contributed by atoms with Gasteiger partial charge < -0.3 is 15.4 Å². The topological polar surface area (TPSA) is 33.3 Å². The normalized spacial score (nSPS) is 12.4. The second-order valence-electron chi connectivity index (χ2n) is 4.29. The molecule has 0 saturated heterocycles. The molecule has 96 valence electrons. The average Bonchev–Trinajstić information content (AvgIpc) is 2.38. The van der Waals surface area contributed by atoms with Crippen LogP contribution in [0.15, 0.2) is 24.3 Å². The average molecular weight is 236 g/mol. The minimum atomic E-state index is 0.609. The minimum Gasteiger partial charge on any atom is -0.497 e. The van der Waals surface area contributed by atoms with Crippen LogP contribution in [-0.4, -0.2) is 26.2 Å². The van der Waals surface area contributed by atoms with Crippen molar-refractivity contribution in [2.24, 2.45) is 0 Å². The zero-order valence-corrected chi connectivity index (χ0v) is 11.1. The van der Waals surface area contributed by atoms with Gasteiger partial charge in [-0.25, -0.2) is 0 Å². The van der Waals surface area contributed by atoms with Crippen molar-refractivity contribution >= 4 is 0 Å². The van der Waals surface area contributed by atoms with Crippen molar-refractivity contribution in [2.75, 3.05) is 20.2 Å². The van der Waals surface area contributed by atoms with Crippen LogP contribution in [0, 0.1) is 0 Å². The largest absolute Gasteiger partial charge is 0.497 e. The first-order valence-electron chi connectivity index (χ1n) is 6.33. The molecule has 0 spiro atoms. The number of hydrogen-bond donors (Lipinski definition) is 2. The quantitative estimate of drug-likeness (QED) is 0.679. The summed E-state index contributed by atoms with van der Waals surface area (Å²) in [6, 6.07) is 8.78. The van der Waals surface area contributed by atoms with Gasteiger partial charge in [0.2, 0.25) is 0 Å². The summed E-state index contributed by atoms with van der Waals surface area (Å²) in [4.78, 5) is 0. The molecular formula is C14H24N2O. The van der Waals surface area contributed by atoms with Crippen molar-refractivity contribution in [3.63, 3.8) is 0 Å². The van der Waals surface area contributed by atoms with Gasteiger partial charge >= 0.3 is 0 Å². The Kier molecular flexibility index (Phi) is 6.67. The van der Waals surface area contributed by atoms with E-state index in [9.17, 15) is 0 Å². The Morgan fingerprint density at radius 2 is 1.88 bits per heavy atom. The summed E-state index contributed by atoms with van der Waals surface area (Å²) < 4.78 is 5.12. The number of benzene rings is 1. The molecule has 0 bridgehead atoms. The van der Waals surface area contributed by atoms with Crippen molar-refractivity contribution in [1.29, 1.82) is 0 Å². The Labute approximate surface area is 105 Å². The predicted octanol–water partition coefficient (Wildman–Crippen LogP) is 2.17. The van der Waals surface area contributed by atoms with Crippen LogP contribution in [0.1, 0.15) is 25.8 Å². The molecule has 0 aliphatic heterocycles. The molecule has 0 aromatic heterocycles. The fourth-order valence-electron chi connectivity index (χ4n) is 1.53. The maximum Gasteiger partial charge on any atom is 0.118 e. The number of nitrogens with one attached hydrogen (secondary N) is 2. The first-order valence-corrected chi connectivity index (χ1v) is 6.33. The molecule has 3 heteroatoms. The summed E-state index contributed by atoms with van der Waals surface area (Å²) in [5.41, 5.74) is 1.29. The van der Waals surface area contributed by atoms with Crippen LogP contribution in [0.4, 0.5) is 0 Å². The van der Waals surface area contributed by atoms with Gasteiger partial charge in [0.25, 0.3) is 0 Å². The van der Waals surface area contributed by atoms with Crippen molar-refractivity contribution in [3.05, 3.63) is 29.8 Å². The summed E-state index contributed by atoms with van der Waals surface area (Å²) in [5.74, 6) is 0.909. The number of hydrogen-bond acceptors (Lipinski definition) is 3. The number of methoxy groups -OCH3 is 1. The third kappa shape index (κ3) is 5.71. The van der Waals surface area contributed by atoms with E-state index in [4.69, 9.17) is 4.74 Å². The Morgan fingerprint density at radius 3 is 2.47 bits per heavy atom. The van der Waals surface area contributed by atoms with E-state index >= 15 is 0 Å². The van der Waals surface area contributed by atoms with Gasteiger partial charge in [-0.3, -0.25) is 0 Å². The molecule has 0 aliphatic rings. The summed E-state index contributed by atoms with van der Waals surface area (Å²) in [5, 5.41) is 6.87. The van der Waals surface area contributed by atoms with Crippen molar-refractivity contribution in [1.82, 2.24) is 10.6 Å². The van der Waals surface area contributed by atoms with E-state index in [-0.39, 0.29) is 0 Å². The lowest BCUT2D eigenvalue weighted by atomic mass is 10.2. The first kappa shape index (κ1) is 14.0. The lowest BCUT2D eigenvalue weighted by Crippen LogP contribution is -2.32. The van der Waals surface area contributed by atoms with Gasteiger partial charge in [0.05, 0.1) is 7.11 Å². The van der Waals surface area contributed by atoms with Crippen LogP contribution < -0.4 is 15.4 Å². The molecule has 1 unspecified atom stereocenters. The highest BCUT2D eigenvalue weighted by molar-refractivity contribution is 5.26. The zero-order chi connectivity index (χ0) is 12.5. The molecule has 0 amide bonds. The lowest BCUT2D eigenvalue weighted by molar-refractivity contribution is 0.414. The van der Waals surface area contributed by atoms with Gasteiger partial charge in [-0.15, -0.1) is 0 Å². The van der Waals surface area contributed by atoms with Gasteiger partial charge in [0.1, 0.15) is 5.75 Å². The highest BCUT2D eigenvalue weighted by atomic mass is 16.5. The first-order chi connectivity index (χ1) is 8.26. The number of ether oxygens (including phenoxy) is 1. The fourth-order valence-corrected chi connectivity index (χ4v) is 1.53. The molecule has 1 rings (SSSR count). The van der Waals surface area contributed by atoms with Gasteiger partial charge in [-0.2, -0.15) is 0 Å². The molecule has 2 N–H and O–H groups in total. The standard InChI is InChI=1S/C14H24N2O/c1-4-12(2)16-10-9-15-11-13-5-7-14(17-3)8-6-13/h5-8,12,15-16H,4,9-11H2,1-3H3. The molecule has 1 atom stereocenters. The third-order valence-corrected chi connectivity index (χ3v) is 2.90. The van der Waals surface area contributed by atoms with E-state index in [1.807, 2.05) is 12.1 Å². The lowest BCUT2D eigenvalue weighted by Gasteiger charge is -2.11. The highest BCUT2D eigenvalue weighted by Crippen LogP contribution is 2.10. The molecule has 0 saturated carbocycles. The van der Waals surface area contributed by atoms with Gasteiger partial charge in [0, 0.05) is 25.7 Å². The van der Waals surface area contributed by atoms with Crippen LogP contribution >= 0.6 is 0 Å². The Morgan fingerprint density at radius 1 is 1.18 bits per heavy atom. The fraction of sp³-hybridized carbons (Fsp3) is 0.571. The van der Waals surface area contributed by atoms with Crippen molar-refractivity contribution in [2.45, 2.75) is 32.9 Å². The maximum absolute atomic E-state index is 5.12. The molecule has 3 nitrogen and oxygen atoms in total. The molecule has 1 aromatic rings. The summed E-state index contributed by atoms with van der Waals surface area (Å²) in [7, 11) is 1.69. The maximum atomic E-state index is 5.12. The van der Waals surface area contributed by atoms with E-state index in [1.165, 1.54) is 12.0 Å². The van der Waals surface area contributed by atoms with E-state index in [2.05, 4.69) is 36.6 Å². The Bertz CT molecular complexity index is 298. The molecule has 0 radical (unpaired) electrons. The Balaban J connectivity index is 2.13. The van der Waals surface area contributed by atoms with Crippen molar-refractivity contribution in [3.8, 4) is 5.75 Å². The molecule has 0 aliphatic carbocycles. The second-order valence-corrected chi connectivity index (χ2v) is 4.29. The Hall–Kier alpha value is -1.06. The monoisotopic (exact) mass is 236 g/mol. The minimum absolute atomic E-state index is 0.609. The van der Waals surface area contributed by atoms with Gasteiger partial charge in [-0.05, 0) is 31.0 Å². The summed E-state index contributed by atoms with van der Waals surface area (Å²) in [6.07, 6.45) is 1.18. The summed E-state index contributed by atoms with van der Waals surface area (Å²) in [6.45, 7) is 7.33. The van der Waals surface area contributed by atoms with Crippen molar-refractivity contribution < 1.29 is 4.74 Å². The molecule has 1 aromatic carbocycles. The van der Waals surface area contributed by atoms with Crippen LogP contribution in [0.5, 0.6) is 5.75 Å². The smallest absolute Gasteiger partial charge is 0.118 e. The van der Waals surface area contributed by atoms with E-state index < -0.39 is 0 Å². The van der Waals surface area contributed by atoms with Crippen LogP contribution in [0.3, 0.4) is 0 Å². The molecule has 0 heterocycles. The highest BCUT2D eigenvalue weighted by Gasteiger charge is 1.96. The molecule has 17 heavy (non-hydrogen) atoms. The van der Waals surface area contributed by atoms with Crippen LogP contribution in [0.2, 0.25) is 0 Å². The summed E-state index contributed by atoms with van der Waals surface area (Å²) >= 11 is 0. The van der Waals surface area contributed by atoms with Crippen LogP contribution in [-0.2, 0) is 6.54 Å². The third-order valence-electron chi connectivity index (χ3n) is 2.90. The second kappa shape index (κ2) is 8.09. The SMILES string of the molecule is CCC(C)NCCNCc1ccc(OC)cc1. The van der Waals surface area contributed by atoms with Crippen LogP contribution in [0.25, 0.3) is 0 Å². The van der Waals surface area contributed by atoms with E-state index in [0.29, 0.717) is 6.04 Å². The van der Waals surface area contributed by atoms with Gasteiger partial charge in [-0.1, -0.05) is 19.1 Å². The number of rotatable bonds is 8. The van der Waals surface area contributed by atoms with Gasteiger partial charge in [0.15, 0.2) is 0 Å². The predicted molar refractivity (Wildman–Crippen MR) is 72.5 cm³/mol. The molecular weight excluding hydrogens is 212 g/mol. The van der Waals surface area contributed by atoms with E-state index in [1.54, 1.807) is 7.11 Å². The van der Waals surface area contributed by atoms with E-state index in [0.717, 1.165) is 25.4 Å². The zero-order valence-electron chi connectivity index (χ0n) is 11.1. The molecule has 0 fully saturated rings.